The molecule has 7 heteroatoms. The molecule has 2 saturated heterocycles. The molecule has 2 rings (SSSR count). The Balaban J connectivity index is 2.06. The van der Waals surface area contributed by atoms with E-state index in [0.717, 1.165) is 45.4 Å². The largest absolute Gasteiger partial charge is 0.381 e. The Morgan fingerprint density at radius 2 is 2.22 bits per heavy atom. The third-order valence-corrected chi connectivity index (χ3v) is 4.00. The maximum atomic E-state index is 12.3. The lowest BCUT2D eigenvalue weighted by molar-refractivity contribution is -0.116. The van der Waals surface area contributed by atoms with E-state index in [0.29, 0.717) is 30.5 Å². The molecule has 7 nitrogen and oxygen atoms in total. The summed E-state index contributed by atoms with van der Waals surface area (Å²) in [7, 11) is 0. The normalized spacial score (nSPS) is 24.3. The van der Waals surface area contributed by atoms with Gasteiger partial charge in [-0.05, 0) is 31.9 Å². The number of carbonyl (C=O) groups excluding carboxylic acids is 1. The predicted molar refractivity (Wildman–Crippen MR) is 91.2 cm³/mol. The zero-order valence-electron chi connectivity index (χ0n) is 13.9. The summed E-state index contributed by atoms with van der Waals surface area (Å²) < 4.78 is 5.41. The van der Waals surface area contributed by atoms with Gasteiger partial charge in [0.1, 0.15) is 0 Å². The van der Waals surface area contributed by atoms with Gasteiger partial charge < -0.3 is 4.74 Å². The molecule has 0 aliphatic carbocycles. The Bertz CT molecular complexity index is 469. The molecule has 0 spiro atoms. The van der Waals surface area contributed by atoms with Crippen molar-refractivity contribution in [3.8, 4) is 0 Å². The van der Waals surface area contributed by atoms with E-state index in [1.165, 1.54) is 6.20 Å². The molecule has 128 valence electrons. The fraction of sp³-hybridized carbons (Fsp3) is 0.688. The number of hydrogen-bond donors (Lipinski definition) is 2. The van der Waals surface area contributed by atoms with Gasteiger partial charge in [-0.3, -0.25) is 25.5 Å². The lowest BCUT2D eigenvalue weighted by Gasteiger charge is -2.29. The second kappa shape index (κ2) is 9.42. The Kier molecular flexibility index (Phi) is 7.22. The number of aliphatic imine (C=N–C) groups is 2. The van der Waals surface area contributed by atoms with Crippen molar-refractivity contribution in [3.63, 3.8) is 0 Å². The zero-order valence-corrected chi connectivity index (χ0v) is 13.9. The first-order valence-corrected chi connectivity index (χ1v) is 8.33. The molecule has 0 aromatic carbocycles. The van der Waals surface area contributed by atoms with Crippen LogP contribution in [-0.4, -0.2) is 56.4 Å². The fourth-order valence-electron chi connectivity index (χ4n) is 2.67. The Labute approximate surface area is 137 Å². The van der Waals surface area contributed by atoms with E-state index in [2.05, 4.69) is 34.4 Å². The molecule has 0 bridgehead atoms. The maximum absolute atomic E-state index is 12.3. The van der Waals surface area contributed by atoms with Crippen LogP contribution < -0.4 is 10.7 Å². The van der Waals surface area contributed by atoms with E-state index >= 15 is 0 Å². The molecule has 2 N–H and O–H groups in total. The molecule has 0 aromatic heterocycles. The summed E-state index contributed by atoms with van der Waals surface area (Å²) in [6, 6.07) is 0. The van der Waals surface area contributed by atoms with Crippen LogP contribution in [0.1, 0.15) is 32.6 Å². The molecule has 0 unspecified atom stereocenters. The number of nitrogens with zero attached hydrogens (tertiary/aromatic N) is 3. The summed E-state index contributed by atoms with van der Waals surface area (Å²) in [5, 5.41) is 4.85. The number of guanidine groups is 1. The molecule has 2 aliphatic rings. The van der Waals surface area contributed by atoms with E-state index < -0.39 is 0 Å². The van der Waals surface area contributed by atoms with Crippen molar-refractivity contribution >= 4 is 18.6 Å². The lowest BCUT2D eigenvalue weighted by atomic mass is 10.00. The van der Waals surface area contributed by atoms with Gasteiger partial charge in [0.2, 0.25) is 5.96 Å². The first-order valence-electron chi connectivity index (χ1n) is 8.33. The van der Waals surface area contributed by atoms with E-state index in [1.807, 2.05) is 5.01 Å². The van der Waals surface area contributed by atoms with Gasteiger partial charge in [-0.25, -0.2) is 5.01 Å². The van der Waals surface area contributed by atoms with Gasteiger partial charge in [-0.15, -0.1) is 0 Å². The van der Waals surface area contributed by atoms with Gasteiger partial charge in [0, 0.05) is 32.5 Å². The van der Waals surface area contributed by atoms with E-state index in [-0.39, 0.29) is 5.91 Å². The third kappa shape index (κ3) is 5.76. The van der Waals surface area contributed by atoms with Crippen LogP contribution in [0.2, 0.25) is 0 Å². The minimum atomic E-state index is -0.172. The average Bonchev–Trinajstić information content (AvgIpc) is 2.68. The smallest absolute Gasteiger partial charge is 0.256 e. The maximum Gasteiger partial charge on any atom is 0.256 e. The molecule has 0 radical (unpaired) electrons. The van der Waals surface area contributed by atoms with Crippen LogP contribution in [0.4, 0.5) is 0 Å². The monoisotopic (exact) mass is 321 g/mol. The van der Waals surface area contributed by atoms with Crippen LogP contribution in [0.25, 0.3) is 0 Å². The van der Waals surface area contributed by atoms with Gasteiger partial charge in [-0.2, -0.15) is 0 Å². The molecule has 23 heavy (non-hydrogen) atoms. The molecule has 0 atom stereocenters. The van der Waals surface area contributed by atoms with Crippen molar-refractivity contribution < 1.29 is 9.53 Å². The summed E-state index contributed by atoms with van der Waals surface area (Å²) >= 11 is 0. The molecule has 0 saturated carbocycles. The summed E-state index contributed by atoms with van der Waals surface area (Å²) in [6.07, 6.45) is 5.67. The van der Waals surface area contributed by atoms with Crippen molar-refractivity contribution in [2.45, 2.75) is 32.6 Å². The lowest BCUT2D eigenvalue weighted by Crippen LogP contribution is -2.48. The molecular weight excluding hydrogens is 294 g/mol. The van der Waals surface area contributed by atoms with Crippen LogP contribution in [0.3, 0.4) is 0 Å². The van der Waals surface area contributed by atoms with Crippen molar-refractivity contribution in [1.82, 2.24) is 15.8 Å². The minimum absolute atomic E-state index is 0.172. The van der Waals surface area contributed by atoms with Crippen molar-refractivity contribution in [2.75, 3.05) is 32.8 Å². The van der Waals surface area contributed by atoms with Crippen LogP contribution in [-0.2, 0) is 9.53 Å². The summed E-state index contributed by atoms with van der Waals surface area (Å²) in [4.78, 5) is 20.5. The number of rotatable bonds is 6. The van der Waals surface area contributed by atoms with Gasteiger partial charge in [0.25, 0.3) is 5.91 Å². The highest BCUT2D eigenvalue weighted by Crippen LogP contribution is 2.16. The molecule has 0 aromatic rings. The number of ether oxygens (including phenoxy) is 1. The van der Waals surface area contributed by atoms with Gasteiger partial charge in [0.05, 0.1) is 12.1 Å². The quantitative estimate of drug-likeness (QED) is 0.436. The summed E-state index contributed by atoms with van der Waals surface area (Å²) in [6.45, 7) is 9.21. The highest BCUT2D eigenvalue weighted by atomic mass is 16.5. The zero-order chi connectivity index (χ0) is 16.5. The second-order valence-corrected chi connectivity index (χ2v) is 5.92. The van der Waals surface area contributed by atoms with Gasteiger partial charge in [0.15, 0.2) is 0 Å². The van der Waals surface area contributed by atoms with E-state index in [4.69, 9.17) is 4.74 Å². The number of carbonyl (C=O) groups is 1. The van der Waals surface area contributed by atoms with Gasteiger partial charge in [-0.1, -0.05) is 13.3 Å². The highest BCUT2D eigenvalue weighted by Gasteiger charge is 2.25. The number of unbranched alkanes of at least 4 members (excludes halogenated alkanes) is 1. The van der Waals surface area contributed by atoms with Gasteiger partial charge >= 0.3 is 0 Å². The standard InChI is InChI=1S/C16H27N5O2/c1-3-4-7-18-16-19-15(22)14(10-17-2)12-21(20-16)11-13-5-8-23-9-6-13/h10,13H,2-9,11-12H2,1H3,(H2,18,19,20,22)/b14-10+. The number of amides is 1. The first kappa shape index (κ1) is 17.6. The fourth-order valence-corrected chi connectivity index (χ4v) is 2.67. The SMILES string of the molecule is C=N/C=C1\CN(CC2CCOCC2)NC(=NCCCC)NC1=O. The van der Waals surface area contributed by atoms with Crippen LogP contribution in [0.15, 0.2) is 21.8 Å². The Morgan fingerprint density at radius 3 is 2.91 bits per heavy atom. The number of nitrogens with one attached hydrogen (secondary N) is 2. The highest BCUT2D eigenvalue weighted by molar-refractivity contribution is 6.06. The topological polar surface area (TPSA) is 78.3 Å². The van der Waals surface area contributed by atoms with Crippen LogP contribution >= 0.6 is 0 Å². The second-order valence-electron chi connectivity index (χ2n) is 5.92. The van der Waals surface area contributed by atoms with E-state index in [1.54, 1.807) is 0 Å². The minimum Gasteiger partial charge on any atom is -0.381 e. The third-order valence-electron chi connectivity index (χ3n) is 4.00. The Morgan fingerprint density at radius 1 is 1.43 bits per heavy atom. The van der Waals surface area contributed by atoms with Crippen LogP contribution in [0.5, 0.6) is 0 Å². The van der Waals surface area contributed by atoms with Crippen molar-refractivity contribution in [2.24, 2.45) is 15.9 Å². The first-order chi connectivity index (χ1) is 11.2. The molecule has 1 amide bonds. The predicted octanol–water partition coefficient (Wildman–Crippen LogP) is 1.09. The molecule has 2 fully saturated rings. The number of hydrogen-bond acceptors (Lipinski definition) is 5. The summed E-state index contributed by atoms with van der Waals surface area (Å²) in [5.41, 5.74) is 3.83. The molecule has 2 heterocycles. The molecule has 2 aliphatic heterocycles. The molecular formula is C16H27N5O2. The van der Waals surface area contributed by atoms with Crippen molar-refractivity contribution in [1.29, 1.82) is 0 Å². The van der Waals surface area contributed by atoms with E-state index in [9.17, 15) is 4.79 Å². The van der Waals surface area contributed by atoms with Crippen molar-refractivity contribution in [3.05, 3.63) is 11.8 Å². The number of hydrazine groups is 1. The summed E-state index contributed by atoms with van der Waals surface area (Å²) in [5.74, 6) is 0.900. The average molecular weight is 321 g/mol. The van der Waals surface area contributed by atoms with Crippen LogP contribution in [0, 0.1) is 5.92 Å². The Hall–Kier alpha value is -1.73.